The number of hydrogen-bond donors (Lipinski definition) is 0. The first kappa shape index (κ1) is 16.0. The molecule has 0 aliphatic heterocycles. The predicted molar refractivity (Wildman–Crippen MR) is 77.1 cm³/mol. The van der Waals surface area contributed by atoms with Gasteiger partial charge in [-0.3, -0.25) is 0 Å². The molecule has 0 aliphatic carbocycles. The molecule has 0 aromatic heterocycles. The van der Waals surface area contributed by atoms with E-state index >= 15 is 0 Å². The Morgan fingerprint density at radius 1 is 1.26 bits per heavy atom. The van der Waals surface area contributed by atoms with E-state index in [0.29, 0.717) is 11.4 Å². The van der Waals surface area contributed by atoms with E-state index in [-0.39, 0.29) is 0 Å². The molecule has 0 amide bonds. The van der Waals surface area contributed by atoms with E-state index in [1.807, 2.05) is 13.8 Å². The van der Waals surface area contributed by atoms with E-state index in [4.69, 9.17) is 4.74 Å². The molecule has 19 heavy (non-hydrogen) atoms. The molecular formula is C14H23NO3S. The van der Waals surface area contributed by atoms with Gasteiger partial charge in [-0.25, -0.2) is 12.7 Å². The number of rotatable bonds is 7. The molecule has 0 heterocycles. The summed E-state index contributed by atoms with van der Waals surface area (Å²) in [5.41, 5.74) is 0.910. The lowest BCUT2D eigenvalue weighted by Gasteiger charge is -2.18. The number of benzene rings is 1. The molecule has 0 fully saturated rings. The lowest BCUT2D eigenvalue weighted by molar-refractivity contribution is 0.409. The Morgan fingerprint density at radius 3 is 2.47 bits per heavy atom. The highest BCUT2D eigenvalue weighted by atomic mass is 32.2. The van der Waals surface area contributed by atoms with E-state index < -0.39 is 10.0 Å². The quantitative estimate of drug-likeness (QED) is 0.774. The van der Waals surface area contributed by atoms with Crippen molar-refractivity contribution in [2.45, 2.75) is 38.0 Å². The maximum atomic E-state index is 12.4. The van der Waals surface area contributed by atoms with Crippen LogP contribution in [0.2, 0.25) is 0 Å². The van der Waals surface area contributed by atoms with E-state index in [1.165, 1.54) is 4.31 Å². The normalized spacial score (nSPS) is 11.8. The van der Waals surface area contributed by atoms with Crippen molar-refractivity contribution in [2.75, 3.05) is 20.7 Å². The molecule has 0 aliphatic rings. The average Bonchev–Trinajstić information content (AvgIpc) is 2.43. The van der Waals surface area contributed by atoms with Gasteiger partial charge >= 0.3 is 0 Å². The third-order valence-electron chi connectivity index (χ3n) is 3.17. The van der Waals surface area contributed by atoms with Crippen molar-refractivity contribution in [1.29, 1.82) is 0 Å². The SMILES string of the molecule is CCCCN(C)S(=O)(=O)c1ccc(OC)c(CC)c1. The standard InChI is InChI=1S/C14H23NO3S/c1-5-7-10-15(3)19(16,17)13-8-9-14(18-4)12(6-2)11-13/h8-9,11H,5-7,10H2,1-4H3. The molecule has 4 nitrogen and oxygen atoms in total. The van der Waals surface area contributed by atoms with Gasteiger partial charge in [-0.15, -0.1) is 0 Å². The molecule has 0 saturated carbocycles. The molecule has 5 heteroatoms. The molecule has 108 valence electrons. The minimum atomic E-state index is -3.39. The monoisotopic (exact) mass is 285 g/mol. The minimum absolute atomic E-state index is 0.337. The fourth-order valence-electron chi connectivity index (χ4n) is 1.87. The number of methoxy groups -OCH3 is 1. The van der Waals surface area contributed by atoms with E-state index in [1.54, 1.807) is 32.4 Å². The molecule has 0 spiro atoms. The zero-order chi connectivity index (χ0) is 14.5. The second-order valence-electron chi connectivity index (χ2n) is 4.51. The maximum absolute atomic E-state index is 12.4. The van der Waals surface area contributed by atoms with Gasteiger partial charge in [-0.1, -0.05) is 20.3 Å². The Bertz CT molecular complexity index is 511. The van der Waals surface area contributed by atoms with Crippen LogP contribution in [-0.2, 0) is 16.4 Å². The van der Waals surface area contributed by atoms with Gasteiger partial charge in [-0.05, 0) is 36.6 Å². The summed E-state index contributed by atoms with van der Waals surface area (Å²) in [4.78, 5) is 0.337. The fourth-order valence-corrected chi connectivity index (χ4v) is 3.13. The average molecular weight is 285 g/mol. The van der Waals surface area contributed by atoms with Crippen LogP contribution < -0.4 is 4.74 Å². The lowest BCUT2D eigenvalue weighted by atomic mass is 10.1. The number of ether oxygens (including phenoxy) is 1. The van der Waals surface area contributed by atoms with Crippen LogP contribution in [0.4, 0.5) is 0 Å². The minimum Gasteiger partial charge on any atom is -0.496 e. The highest BCUT2D eigenvalue weighted by Gasteiger charge is 2.21. The highest BCUT2D eigenvalue weighted by Crippen LogP contribution is 2.24. The van der Waals surface area contributed by atoms with Crippen molar-refractivity contribution in [3.63, 3.8) is 0 Å². The molecule has 1 aromatic carbocycles. The van der Waals surface area contributed by atoms with Gasteiger partial charge in [0.25, 0.3) is 0 Å². The molecule has 1 rings (SSSR count). The summed E-state index contributed by atoms with van der Waals surface area (Å²) in [7, 11) is -0.172. The van der Waals surface area contributed by atoms with Gasteiger partial charge in [0.05, 0.1) is 12.0 Å². The van der Waals surface area contributed by atoms with Crippen molar-refractivity contribution >= 4 is 10.0 Å². The van der Waals surface area contributed by atoms with E-state index in [0.717, 1.165) is 30.6 Å². The van der Waals surface area contributed by atoms with E-state index in [9.17, 15) is 8.42 Å². The molecule has 1 aromatic rings. The molecule has 0 bridgehead atoms. The summed E-state index contributed by atoms with van der Waals surface area (Å²) in [5.74, 6) is 0.734. The van der Waals surface area contributed by atoms with Crippen molar-refractivity contribution in [3.8, 4) is 5.75 Å². The third-order valence-corrected chi connectivity index (χ3v) is 5.02. The van der Waals surface area contributed by atoms with Gasteiger partial charge in [0.1, 0.15) is 5.75 Å². The van der Waals surface area contributed by atoms with Crippen LogP contribution in [0.5, 0.6) is 5.75 Å². The highest BCUT2D eigenvalue weighted by molar-refractivity contribution is 7.89. The summed E-state index contributed by atoms with van der Waals surface area (Å²) in [6.07, 6.45) is 2.58. The number of nitrogens with zero attached hydrogens (tertiary/aromatic N) is 1. The summed E-state index contributed by atoms with van der Waals surface area (Å²) in [6, 6.07) is 5.03. The van der Waals surface area contributed by atoms with Crippen molar-refractivity contribution in [2.24, 2.45) is 0 Å². The van der Waals surface area contributed by atoms with Gasteiger partial charge in [0.15, 0.2) is 0 Å². The topological polar surface area (TPSA) is 46.6 Å². The van der Waals surface area contributed by atoms with Gasteiger partial charge in [0, 0.05) is 13.6 Å². The Kier molecular flexibility index (Phi) is 5.82. The van der Waals surface area contributed by atoms with Gasteiger partial charge in [-0.2, -0.15) is 0 Å². The number of aryl methyl sites for hydroxylation is 1. The Hall–Kier alpha value is -1.07. The van der Waals surface area contributed by atoms with Crippen LogP contribution >= 0.6 is 0 Å². The van der Waals surface area contributed by atoms with Crippen LogP contribution in [0.25, 0.3) is 0 Å². The van der Waals surface area contributed by atoms with Gasteiger partial charge in [0.2, 0.25) is 10.0 Å². The molecular weight excluding hydrogens is 262 g/mol. The van der Waals surface area contributed by atoms with Crippen molar-refractivity contribution in [3.05, 3.63) is 23.8 Å². The van der Waals surface area contributed by atoms with E-state index in [2.05, 4.69) is 0 Å². The van der Waals surface area contributed by atoms with Gasteiger partial charge < -0.3 is 4.74 Å². The van der Waals surface area contributed by atoms with Crippen molar-refractivity contribution in [1.82, 2.24) is 4.31 Å². The largest absolute Gasteiger partial charge is 0.496 e. The van der Waals surface area contributed by atoms with Crippen molar-refractivity contribution < 1.29 is 13.2 Å². The molecule has 0 saturated heterocycles. The summed E-state index contributed by atoms with van der Waals surface area (Å²) >= 11 is 0. The molecule has 0 radical (unpaired) electrons. The Labute approximate surface area is 116 Å². The second kappa shape index (κ2) is 6.91. The molecule has 0 atom stereocenters. The zero-order valence-electron chi connectivity index (χ0n) is 12.1. The second-order valence-corrected chi connectivity index (χ2v) is 6.55. The van der Waals surface area contributed by atoms with Crippen LogP contribution in [0.3, 0.4) is 0 Å². The first-order chi connectivity index (χ1) is 8.97. The first-order valence-electron chi connectivity index (χ1n) is 6.60. The third kappa shape index (κ3) is 3.70. The summed E-state index contributed by atoms with van der Waals surface area (Å²) in [5, 5.41) is 0. The van der Waals surface area contributed by atoms with Crippen LogP contribution in [0, 0.1) is 0 Å². The number of unbranched alkanes of at least 4 members (excludes halogenated alkanes) is 1. The van der Waals surface area contributed by atoms with Crippen LogP contribution in [-0.4, -0.2) is 33.4 Å². The fraction of sp³-hybridized carbons (Fsp3) is 0.571. The Balaban J connectivity index is 3.08. The maximum Gasteiger partial charge on any atom is 0.242 e. The Morgan fingerprint density at radius 2 is 1.95 bits per heavy atom. The first-order valence-corrected chi connectivity index (χ1v) is 8.04. The smallest absolute Gasteiger partial charge is 0.242 e. The molecule has 0 N–H and O–H groups in total. The predicted octanol–water partition coefficient (Wildman–Crippen LogP) is 2.68. The lowest BCUT2D eigenvalue weighted by Crippen LogP contribution is -2.28. The summed E-state index contributed by atoms with van der Waals surface area (Å²) in [6.45, 7) is 4.57. The summed E-state index contributed by atoms with van der Waals surface area (Å²) < 4.78 is 31.4. The van der Waals surface area contributed by atoms with Crippen LogP contribution in [0.15, 0.2) is 23.1 Å². The molecule has 0 unspecified atom stereocenters. The zero-order valence-corrected chi connectivity index (χ0v) is 13.0. The number of hydrogen-bond acceptors (Lipinski definition) is 3. The number of sulfonamides is 1. The van der Waals surface area contributed by atoms with Crippen LogP contribution in [0.1, 0.15) is 32.3 Å².